The highest BCUT2D eigenvalue weighted by Crippen LogP contribution is 2.22. The topological polar surface area (TPSA) is 63.2 Å². The summed E-state index contributed by atoms with van der Waals surface area (Å²) in [6.45, 7) is 0.646. The van der Waals surface area contributed by atoms with Crippen LogP contribution in [0.1, 0.15) is 6.42 Å². The molecule has 124 valence electrons. The zero-order chi connectivity index (χ0) is 16.9. The number of rotatable bonds is 3. The summed E-state index contributed by atoms with van der Waals surface area (Å²) in [7, 11) is 1.58. The minimum absolute atomic E-state index is 0.371. The van der Waals surface area contributed by atoms with E-state index in [-0.39, 0.29) is 0 Å². The lowest BCUT2D eigenvalue weighted by Gasteiger charge is -2.12. The van der Waals surface area contributed by atoms with Crippen molar-refractivity contribution in [1.82, 2.24) is 0 Å². The first-order valence-corrected chi connectivity index (χ1v) is 7.75. The summed E-state index contributed by atoms with van der Waals surface area (Å²) in [6, 6.07) is 14.3. The Morgan fingerprint density at radius 2 is 1.88 bits per heavy atom. The Hall–Kier alpha value is -2.73. The van der Waals surface area contributed by atoms with Gasteiger partial charge in [-0.1, -0.05) is 11.6 Å². The van der Waals surface area contributed by atoms with Gasteiger partial charge < -0.3 is 9.47 Å². The van der Waals surface area contributed by atoms with E-state index < -0.39 is 6.09 Å². The number of anilines is 2. The molecule has 0 aromatic heterocycles. The first-order chi connectivity index (χ1) is 11.6. The van der Waals surface area contributed by atoms with Crippen molar-refractivity contribution in [3.63, 3.8) is 0 Å². The number of amides is 1. The molecule has 6 nitrogen and oxygen atoms in total. The molecule has 0 spiro atoms. The first-order valence-electron chi connectivity index (χ1n) is 7.37. The highest BCUT2D eigenvalue weighted by atomic mass is 35.5. The Kier molecular flexibility index (Phi) is 4.86. The number of ether oxygens (including phenoxy) is 2. The van der Waals surface area contributed by atoms with Gasteiger partial charge in [-0.2, -0.15) is 0 Å². The third-order valence-corrected chi connectivity index (χ3v) is 3.69. The van der Waals surface area contributed by atoms with Gasteiger partial charge in [0.2, 0.25) is 5.90 Å². The van der Waals surface area contributed by atoms with Crippen LogP contribution in [0.2, 0.25) is 5.02 Å². The van der Waals surface area contributed by atoms with Gasteiger partial charge in [-0.3, -0.25) is 10.3 Å². The Morgan fingerprint density at radius 3 is 2.54 bits per heavy atom. The summed E-state index contributed by atoms with van der Waals surface area (Å²) in [6.07, 6.45) is -0.0181. The molecule has 0 saturated carbocycles. The van der Waals surface area contributed by atoms with E-state index in [1.165, 1.54) is 0 Å². The molecule has 1 heterocycles. The number of halogens is 1. The largest absolute Gasteiger partial charge is 0.497 e. The van der Waals surface area contributed by atoms with E-state index in [1.807, 2.05) is 12.1 Å². The number of nitrogens with zero attached hydrogens (tertiary/aromatic N) is 2. The number of nitrogens with one attached hydrogen (secondary N) is 1. The molecule has 3 rings (SSSR count). The molecular weight excluding hydrogens is 330 g/mol. The number of carbonyl (C=O) groups is 1. The predicted molar refractivity (Wildman–Crippen MR) is 93.9 cm³/mol. The molecule has 1 amide bonds. The number of methoxy groups -OCH3 is 1. The highest BCUT2D eigenvalue weighted by Gasteiger charge is 2.19. The van der Waals surface area contributed by atoms with E-state index in [0.717, 1.165) is 5.69 Å². The van der Waals surface area contributed by atoms with E-state index in [9.17, 15) is 4.79 Å². The van der Waals surface area contributed by atoms with Crippen molar-refractivity contribution < 1.29 is 14.3 Å². The molecular formula is C17H16ClN3O3. The fourth-order valence-electron chi connectivity index (χ4n) is 2.23. The van der Waals surface area contributed by atoms with Crippen LogP contribution in [0, 0.1) is 0 Å². The maximum atomic E-state index is 11.9. The summed E-state index contributed by atoms with van der Waals surface area (Å²) in [4.78, 5) is 11.9. The summed E-state index contributed by atoms with van der Waals surface area (Å²) in [5, 5.41) is 9.38. The van der Waals surface area contributed by atoms with Crippen molar-refractivity contribution in [1.29, 1.82) is 0 Å². The van der Waals surface area contributed by atoms with Crippen molar-refractivity contribution in [3.05, 3.63) is 53.6 Å². The zero-order valence-electron chi connectivity index (χ0n) is 13.0. The maximum Gasteiger partial charge on any atom is 0.418 e. The predicted octanol–water partition coefficient (Wildman–Crippen LogP) is 4.12. The molecule has 0 saturated heterocycles. The minimum Gasteiger partial charge on any atom is -0.497 e. The first kappa shape index (κ1) is 16.1. The molecule has 0 unspecified atom stereocenters. The summed E-state index contributed by atoms with van der Waals surface area (Å²) in [5.74, 6) is 1.09. The van der Waals surface area contributed by atoms with E-state index >= 15 is 0 Å². The van der Waals surface area contributed by atoms with Crippen LogP contribution < -0.4 is 15.1 Å². The van der Waals surface area contributed by atoms with Crippen LogP contribution in [-0.2, 0) is 4.74 Å². The molecule has 1 aliphatic heterocycles. The molecule has 1 aliphatic rings. The number of hydrazone groups is 1. The summed E-state index contributed by atoms with van der Waals surface area (Å²) in [5.41, 5.74) is 1.52. The normalized spacial score (nSPS) is 13.4. The average Bonchev–Trinajstić information content (AvgIpc) is 3.04. The fourth-order valence-corrected chi connectivity index (χ4v) is 2.36. The second kappa shape index (κ2) is 7.23. The lowest BCUT2D eigenvalue weighted by Crippen LogP contribution is -2.17. The average molecular weight is 346 g/mol. The third kappa shape index (κ3) is 3.97. The molecule has 0 aliphatic carbocycles. The van der Waals surface area contributed by atoms with Crippen molar-refractivity contribution >= 4 is 35.0 Å². The molecule has 0 bridgehead atoms. The Bertz CT molecular complexity index is 745. The summed E-state index contributed by atoms with van der Waals surface area (Å²) < 4.78 is 10.3. The lowest BCUT2D eigenvalue weighted by molar-refractivity contribution is 0.211. The standard InChI is InChI=1S/C17H16ClN3O3/c1-23-15-8-4-13(5-9-15)19-17(22)24-16-10-11-21(20-16)14-6-2-12(18)3-7-14/h2-9H,10-11H2,1H3,(H,19,22). The van der Waals surface area contributed by atoms with Crippen LogP contribution in [0.5, 0.6) is 5.75 Å². The smallest absolute Gasteiger partial charge is 0.418 e. The molecule has 2 aromatic carbocycles. The van der Waals surface area contributed by atoms with Crippen molar-refractivity contribution in [2.75, 3.05) is 24.0 Å². The number of carbonyl (C=O) groups excluding carboxylic acids is 1. The van der Waals surface area contributed by atoms with Crippen LogP contribution in [0.25, 0.3) is 0 Å². The Labute approximate surface area is 144 Å². The molecule has 2 aromatic rings. The molecule has 24 heavy (non-hydrogen) atoms. The van der Waals surface area contributed by atoms with E-state index in [1.54, 1.807) is 48.5 Å². The zero-order valence-corrected chi connectivity index (χ0v) is 13.8. The van der Waals surface area contributed by atoms with E-state index in [2.05, 4.69) is 10.4 Å². The number of hydrogen-bond acceptors (Lipinski definition) is 5. The SMILES string of the molecule is COc1ccc(NC(=O)OC2=NN(c3ccc(Cl)cc3)CC2)cc1. The molecule has 0 radical (unpaired) electrons. The monoisotopic (exact) mass is 345 g/mol. The summed E-state index contributed by atoms with van der Waals surface area (Å²) >= 11 is 5.87. The van der Waals surface area contributed by atoms with E-state index in [0.29, 0.717) is 35.3 Å². The molecule has 0 atom stereocenters. The van der Waals surface area contributed by atoms with Gasteiger partial charge in [-0.05, 0) is 48.5 Å². The molecule has 7 heteroatoms. The quantitative estimate of drug-likeness (QED) is 0.908. The lowest BCUT2D eigenvalue weighted by atomic mass is 10.3. The Balaban J connectivity index is 1.58. The van der Waals surface area contributed by atoms with Crippen LogP contribution in [0.15, 0.2) is 53.6 Å². The van der Waals surface area contributed by atoms with Crippen LogP contribution in [0.3, 0.4) is 0 Å². The molecule has 0 fully saturated rings. The van der Waals surface area contributed by atoms with Gasteiger partial charge in [-0.25, -0.2) is 4.79 Å². The number of benzene rings is 2. The van der Waals surface area contributed by atoms with Crippen LogP contribution in [-0.4, -0.2) is 25.6 Å². The maximum absolute atomic E-state index is 11.9. The van der Waals surface area contributed by atoms with Gasteiger partial charge in [0, 0.05) is 17.1 Å². The van der Waals surface area contributed by atoms with Crippen molar-refractivity contribution in [2.24, 2.45) is 5.10 Å². The van der Waals surface area contributed by atoms with Gasteiger partial charge in [0.05, 0.1) is 19.3 Å². The third-order valence-electron chi connectivity index (χ3n) is 3.44. The minimum atomic E-state index is -0.572. The van der Waals surface area contributed by atoms with Crippen LogP contribution >= 0.6 is 11.6 Å². The van der Waals surface area contributed by atoms with Gasteiger partial charge in [0.25, 0.3) is 0 Å². The van der Waals surface area contributed by atoms with Crippen LogP contribution in [0.4, 0.5) is 16.2 Å². The van der Waals surface area contributed by atoms with Gasteiger partial charge in [0.1, 0.15) is 5.75 Å². The highest BCUT2D eigenvalue weighted by molar-refractivity contribution is 6.30. The van der Waals surface area contributed by atoms with Gasteiger partial charge in [0.15, 0.2) is 0 Å². The second-order valence-corrected chi connectivity index (χ2v) is 5.52. The fraction of sp³-hybridized carbons (Fsp3) is 0.176. The van der Waals surface area contributed by atoms with Crippen molar-refractivity contribution in [2.45, 2.75) is 6.42 Å². The molecule has 1 N–H and O–H groups in total. The number of hydrogen-bond donors (Lipinski definition) is 1. The van der Waals surface area contributed by atoms with Crippen molar-refractivity contribution in [3.8, 4) is 5.75 Å². The van der Waals surface area contributed by atoms with E-state index in [4.69, 9.17) is 21.1 Å². The second-order valence-electron chi connectivity index (χ2n) is 5.09. The Morgan fingerprint density at radius 1 is 1.17 bits per heavy atom. The van der Waals surface area contributed by atoms with Gasteiger partial charge in [-0.15, -0.1) is 5.10 Å². The van der Waals surface area contributed by atoms with Gasteiger partial charge >= 0.3 is 6.09 Å².